The lowest BCUT2D eigenvalue weighted by Crippen LogP contribution is -2.03. The fraction of sp³-hybridized carbons (Fsp3) is 0.316. The van der Waals surface area contributed by atoms with Crippen LogP contribution in [-0.4, -0.2) is 40.0 Å². The number of rotatable bonds is 7. The average molecular weight is 397 g/mol. The second kappa shape index (κ2) is 7.93. The number of unbranched alkanes of at least 4 members (excludes halogenated alkanes) is 1. The lowest BCUT2D eigenvalue weighted by molar-refractivity contribution is 0.661. The first-order valence-electron chi connectivity index (χ1n) is 9.26. The Morgan fingerprint density at radius 1 is 1.14 bits per heavy atom. The van der Waals surface area contributed by atoms with Crippen LogP contribution in [0.5, 0.6) is 0 Å². The Bertz CT molecular complexity index is 1050. The second-order valence-electron chi connectivity index (χ2n) is 6.69. The molecule has 0 aliphatic heterocycles. The molecule has 0 atom stereocenters. The van der Waals surface area contributed by atoms with Gasteiger partial charge in [0.15, 0.2) is 11.6 Å². The fourth-order valence-electron chi connectivity index (χ4n) is 3.15. The molecule has 9 heteroatoms. The third-order valence-electron chi connectivity index (χ3n) is 4.63. The van der Waals surface area contributed by atoms with Gasteiger partial charge in [-0.05, 0) is 64.7 Å². The molecule has 0 radical (unpaired) electrons. The molecule has 3 aromatic heterocycles. The van der Waals surface area contributed by atoms with Gasteiger partial charge in [-0.3, -0.25) is 0 Å². The van der Waals surface area contributed by atoms with E-state index in [4.69, 9.17) is 11.6 Å². The highest BCUT2D eigenvalue weighted by Crippen LogP contribution is 2.24. The molecule has 28 heavy (non-hydrogen) atoms. The van der Waals surface area contributed by atoms with Gasteiger partial charge in [0.1, 0.15) is 0 Å². The first kappa shape index (κ1) is 18.4. The number of hydrogen-bond acceptors (Lipinski definition) is 5. The molecule has 144 valence electrons. The zero-order valence-corrected chi connectivity index (χ0v) is 16.6. The highest BCUT2D eigenvalue weighted by atomic mass is 35.5. The maximum Gasteiger partial charge on any atom is 0.221 e. The Labute approximate surface area is 167 Å². The molecule has 0 fully saturated rings. The van der Waals surface area contributed by atoms with Gasteiger partial charge in [0.05, 0.1) is 12.2 Å². The first-order valence-corrected chi connectivity index (χ1v) is 9.64. The molecule has 3 heterocycles. The van der Waals surface area contributed by atoms with E-state index in [9.17, 15) is 0 Å². The summed E-state index contributed by atoms with van der Waals surface area (Å²) in [6.07, 6.45) is 5.04. The summed E-state index contributed by atoms with van der Waals surface area (Å²) in [6.45, 7) is 4.77. The number of benzene rings is 1. The maximum atomic E-state index is 6.24. The minimum Gasteiger partial charge on any atom is -0.314 e. The smallest absolute Gasteiger partial charge is 0.221 e. The zero-order chi connectivity index (χ0) is 19.5. The van der Waals surface area contributed by atoms with Crippen molar-refractivity contribution in [1.29, 1.82) is 0 Å². The van der Waals surface area contributed by atoms with Crippen LogP contribution >= 0.6 is 11.6 Å². The van der Waals surface area contributed by atoms with Crippen LogP contribution in [0.25, 0.3) is 17.2 Å². The number of nitrogens with one attached hydrogen (secondary N) is 1. The van der Waals surface area contributed by atoms with Crippen LogP contribution in [0.15, 0.2) is 36.5 Å². The molecule has 4 aromatic rings. The molecule has 8 nitrogen and oxygen atoms in total. The molecule has 0 unspecified atom stereocenters. The van der Waals surface area contributed by atoms with Crippen molar-refractivity contribution in [2.45, 2.75) is 39.7 Å². The Balaban J connectivity index is 1.55. The van der Waals surface area contributed by atoms with Gasteiger partial charge in [-0.25, -0.2) is 14.8 Å². The Hall–Kier alpha value is -3.00. The highest BCUT2D eigenvalue weighted by Gasteiger charge is 2.13. The van der Waals surface area contributed by atoms with Gasteiger partial charge < -0.3 is 4.57 Å². The van der Waals surface area contributed by atoms with Gasteiger partial charge in [-0.15, -0.1) is 5.10 Å². The molecule has 0 saturated heterocycles. The van der Waals surface area contributed by atoms with Gasteiger partial charge in [0.25, 0.3) is 0 Å². The van der Waals surface area contributed by atoms with E-state index in [1.807, 2.05) is 19.2 Å². The van der Waals surface area contributed by atoms with Crippen LogP contribution in [0.2, 0.25) is 5.28 Å². The fourth-order valence-corrected chi connectivity index (χ4v) is 3.34. The predicted octanol–water partition coefficient (Wildman–Crippen LogP) is 3.60. The number of aryl methyl sites for hydroxylation is 2. The molecule has 1 N–H and O–H groups in total. The number of hydrogen-bond donors (Lipinski definition) is 1. The largest absolute Gasteiger partial charge is 0.314 e. The summed E-state index contributed by atoms with van der Waals surface area (Å²) in [5, 5.41) is 19.2. The average Bonchev–Trinajstić information content (AvgIpc) is 3.42. The maximum absolute atomic E-state index is 6.24. The topological polar surface area (TPSA) is 90.1 Å². The van der Waals surface area contributed by atoms with Crippen molar-refractivity contribution < 1.29 is 0 Å². The van der Waals surface area contributed by atoms with Gasteiger partial charge in [-0.1, -0.05) is 25.5 Å². The molecule has 0 aliphatic rings. The van der Waals surface area contributed by atoms with Crippen molar-refractivity contribution >= 4 is 11.6 Å². The number of H-pyrrole nitrogens is 1. The molecular weight excluding hydrogens is 376 g/mol. The van der Waals surface area contributed by atoms with Crippen LogP contribution in [0.4, 0.5) is 0 Å². The van der Waals surface area contributed by atoms with E-state index >= 15 is 0 Å². The van der Waals surface area contributed by atoms with Crippen molar-refractivity contribution in [2.75, 3.05) is 0 Å². The van der Waals surface area contributed by atoms with Crippen LogP contribution in [0.3, 0.4) is 0 Å². The summed E-state index contributed by atoms with van der Waals surface area (Å²) >= 11 is 6.24. The third-order valence-corrected chi connectivity index (χ3v) is 4.91. The van der Waals surface area contributed by atoms with Crippen LogP contribution in [-0.2, 0) is 13.0 Å². The summed E-state index contributed by atoms with van der Waals surface area (Å²) in [5.41, 5.74) is 4.16. The zero-order valence-electron chi connectivity index (χ0n) is 15.8. The van der Waals surface area contributed by atoms with E-state index in [0.717, 1.165) is 47.6 Å². The first-order chi connectivity index (χ1) is 13.7. The van der Waals surface area contributed by atoms with E-state index < -0.39 is 0 Å². The number of aromatic amines is 1. The molecular formula is C19H21ClN8. The van der Waals surface area contributed by atoms with Crippen molar-refractivity contribution in [3.8, 4) is 17.2 Å². The molecule has 0 aliphatic carbocycles. The Morgan fingerprint density at radius 2 is 1.96 bits per heavy atom. The molecule has 0 amide bonds. The normalized spacial score (nSPS) is 11.2. The van der Waals surface area contributed by atoms with Crippen LogP contribution < -0.4 is 0 Å². The molecule has 0 spiro atoms. The second-order valence-corrected chi connectivity index (χ2v) is 7.03. The lowest BCUT2D eigenvalue weighted by atomic mass is 10.2. The molecule has 1 aromatic carbocycles. The summed E-state index contributed by atoms with van der Waals surface area (Å²) in [7, 11) is 0. The van der Waals surface area contributed by atoms with Crippen LogP contribution in [0, 0.1) is 6.92 Å². The van der Waals surface area contributed by atoms with E-state index in [1.165, 1.54) is 0 Å². The van der Waals surface area contributed by atoms with Gasteiger partial charge in [0, 0.05) is 18.3 Å². The van der Waals surface area contributed by atoms with E-state index in [2.05, 4.69) is 66.5 Å². The minimum atomic E-state index is 0.427. The lowest BCUT2D eigenvalue weighted by Gasteiger charge is -2.09. The van der Waals surface area contributed by atoms with Crippen molar-refractivity contribution in [3.63, 3.8) is 0 Å². The predicted molar refractivity (Wildman–Crippen MR) is 106 cm³/mol. The van der Waals surface area contributed by atoms with Crippen molar-refractivity contribution in [2.24, 2.45) is 0 Å². The number of halogens is 1. The van der Waals surface area contributed by atoms with Crippen molar-refractivity contribution in [3.05, 3.63) is 58.8 Å². The summed E-state index contributed by atoms with van der Waals surface area (Å²) < 4.78 is 3.81. The number of tetrazole rings is 1. The molecule has 0 bridgehead atoms. The summed E-state index contributed by atoms with van der Waals surface area (Å²) in [6, 6.07) is 10.3. The third kappa shape index (κ3) is 3.68. The standard InChI is InChI=1S/C19H21ClN8/c1-3-4-5-16-21-19(20)28(24-16)12-14-6-8-15(9-7-14)27-11-10-13(2)17(27)18-22-25-26-23-18/h6-11H,3-5,12H2,1-2H3,(H,22,23,25,26). The quantitative estimate of drug-likeness (QED) is 0.515. The minimum absolute atomic E-state index is 0.427. The van der Waals surface area contributed by atoms with Crippen molar-refractivity contribution in [1.82, 2.24) is 40.0 Å². The van der Waals surface area contributed by atoms with E-state index in [1.54, 1.807) is 4.68 Å². The van der Waals surface area contributed by atoms with E-state index in [0.29, 0.717) is 17.7 Å². The highest BCUT2D eigenvalue weighted by molar-refractivity contribution is 6.28. The Kier molecular flexibility index (Phi) is 5.21. The van der Waals surface area contributed by atoms with E-state index in [-0.39, 0.29) is 0 Å². The number of nitrogens with zero attached hydrogens (tertiary/aromatic N) is 7. The van der Waals surface area contributed by atoms with Crippen LogP contribution in [0.1, 0.15) is 36.7 Å². The SMILES string of the molecule is CCCCc1nc(Cl)n(Cc2ccc(-n3ccc(C)c3-c3nnn[nH]3)cc2)n1. The van der Waals surface area contributed by atoms with Gasteiger partial charge in [-0.2, -0.15) is 5.10 Å². The Morgan fingerprint density at radius 3 is 2.68 bits per heavy atom. The van der Waals surface area contributed by atoms with Gasteiger partial charge >= 0.3 is 0 Å². The number of aromatic nitrogens is 8. The summed E-state index contributed by atoms with van der Waals surface area (Å²) in [4.78, 5) is 4.34. The summed E-state index contributed by atoms with van der Waals surface area (Å²) in [5.74, 6) is 1.44. The van der Waals surface area contributed by atoms with Gasteiger partial charge in [0.2, 0.25) is 5.28 Å². The molecule has 4 rings (SSSR count). The molecule has 0 saturated carbocycles. The monoisotopic (exact) mass is 396 g/mol.